The van der Waals surface area contributed by atoms with E-state index in [9.17, 15) is 0 Å². The van der Waals surface area contributed by atoms with Gasteiger partial charge in [0.15, 0.2) is 0 Å². The molecule has 0 amide bonds. The molecule has 3 N–H and O–H groups in total. The van der Waals surface area contributed by atoms with E-state index in [0.29, 0.717) is 0 Å². The van der Waals surface area contributed by atoms with E-state index in [4.69, 9.17) is 0 Å². The molecule has 1 atom stereocenters. The van der Waals surface area contributed by atoms with Gasteiger partial charge in [0.2, 0.25) is 0 Å². The van der Waals surface area contributed by atoms with Gasteiger partial charge >= 0.3 is 0 Å². The van der Waals surface area contributed by atoms with Gasteiger partial charge in [0.25, 0.3) is 0 Å². The van der Waals surface area contributed by atoms with Crippen LogP contribution in [0.1, 0.15) is 31.2 Å². The van der Waals surface area contributed by atoms with Gasteiger partial charge in [-0.05, 0) is 50.0 Å². The van der Waals surface area contributed by atoms with Crippen molar-refractivity contribution in [2.24, 2.45) is 0 Å². The molecule has 4 nitrogen and oxygen atoms in total. The smallest absolute Gasteiger partial charge is 0.0931 e. The Morgan fingerprint density at radius 1 is 1.32 bits per heavy atom. The zero-order valence-corrected chi connectivity index (χ0v) is 11.3. The second-order valence-electron chi connectivity index (χ2n) is 5.37. The Bertz CT molecular complexity index is 514. The normalized spacial score (nSPS) is 19.9. The summed E-state index contributed by atoms with van der Waals surface area (Å²) in [6.07, 6.45) is 7.03. The minimum absolute atomic E-state index is 0.719. The van der Waals surface area contributed by atoms with Crippen LogP contribution in [-0.2, 0) is 6.54 Å². The SMILES string of the molecule is c1nc2ccc(CNCCC3CCCCN3)cc2[nH]1. The summed E-state index contributed by atoms with van der Waals surface area (Å²) in [7, 11) is 0. The monoisotopic (exact) mass is 258 g/mol. The fraction of sp³-hybridized carbons (Fsp3) is 0.533. The number of H-pyrrole nitrogens is 1. The van der Waals surface area contributed by atoms with Crippen molar-refractivity contribution < 1.29 is 0 Å². The maximum Gasteiger partial charge on any atom is 0.0931 e. The van der Waals surface area contributed by atoms with Gasteiger partial charge in [0.05, 0.1) is 17.4 Å². The van der Waals surface area contributed by atoms with E-state index >= 15 is 0 Å². The van der Waals surface area contributed by atoms with E-state index in [1.807, 2.05) is 0 Å². The van der Waals surface area contributed by atoms with Crippen molar-refractivity contribution in [3.05, 3.63) is 30.1 Å². The largest absolute Gasteiger partial charge is 0.345 e. The molecule has 3 rings (SSSR count). The van der Waals surface area contributed by atoms with Crippen LogP contribution >= 0.6 is 0 Å². The fourth-order valence-electron chi connectivity index (χ4n) is 2.77. The van der Waals surface area contributed by atoms with Gasteiger partial charge in [0.1, 0.15) is 0 Å². The Hall–Kier alpha value is -1.39. The van der Waals surface area contributed by atoms with Crippen molar-refractivity contribution in [1.29, 1.82) is 0 Å². The molecule has 0 saturated carbocycles. The summed E-state index contributed by atoms with van der Waals surface area (Å²) in [6.45, 7) is 3.21. The van der Waals surface area contributed by atoms with Crippen molar-refractivity contribution >= 4 is 11.0 Å². The molecule has 1 aromatic carbocycles. The van der Waals surface area contributed by atoms with Crippen LogP contribution in [-0.4, -0.2) is 29.1 Å². The lowest BCUT2D eigenvalue weighted by Gasteiger charge is -2.23. The third-order valence-electron chi connectivity index (χ3n) is 3.90. The summed E-state index contributed by atoms with van der Waals surface area (Å²) in [4.78, 5) is 7.39. The molecule has 1 aliphatic heterocycles. The maximum absolute atomic E-state index is 4.23. The number of benzene rings is 1. The topological polar surface area (TPSA) is 52.7 Å². The molecule has 19 heavy (non-hydrogen) atoms. The van der Waals surface area contributed by atoms with E-state index in [2.05, 4.69) is 38.8 Å². The summed E-state index contributed by atoms with van der Waals surface area (Å²) in [5, 5.41) is 7.12. The highest BCUT2D eigenvalue weighted by molar-refractivity contribution is 5.74. The third-order valence-corrected chi connectivity index (χ3v) is 3.90. The Kier molecular flexibility index (Phi) is 4.10. The van der Waals surface area contributed by atoms with E-state index < -0.39 is 0 Å². The number of piperidine rings is 1. The number of aromatic nitrogens is 2. The van der Waals surface area contributed by atoms with Gasteiger partial charge in [-0.25, -0.2) is 4.98 Å². The molecule has 0 radical (unpaired) electrons. The lowest BCUT2D eigenvalue weighted by Crippen LogP contribution is -2.36. The van der Waals surface area contributed by atoms with Gasteiger partial charge in [-0.15, -0.1) is 0 Å². The molecule has 0 bridgehead atoms. The maximum atomic E-state index is 4.23. The molecular formula is C15H22N4. The lowest BCUT2D eigenvalue weighted by molar-refractivity contribution is 0.376. The molecule has 1 saturated heterocycles. The van der Waals surface area contributed by atoms with Crippen LogP contribution in [0.5, 0.6) is 0 Å². The number of aromatic amines is 1. The molecule has 0 aliphatic carbocycles. The molecule has 102 valence electrons. The molecule has 2 aromatic rings. The molecule has 4 heteroatoms. The number of imidazole rings is 1. The van der Waals surface area contributed by atoms with E-state index in [1.165, 1.54) is 37.8 Å². The Balaban J connectivity index is 1.43. The predicted octanol–water partition coefficient (Wildman–Crippen LogP) is 2.18. The van der Waals surface area contributed by atoms with Gasteiger partial charge in [-0.1, -0.05) is 12.5 Å². The Morgan fingerprint density at radius 2 is 2.32 bits per heavy atom. The highest BCUT2D eigenvalue weighted by atomic mass is 14.9. The van der Waals surface area contributed by atoms with Crippen molar-refractivity contribution in [3.8, 4) is 0 Å². The summed E-state index contributed by atoms with van der Waals surface area (Å²) < 4.78 is 0. The molecular weight excluding hydrogens is 236 g/mol. The van der Waals surface area contributed by atoms with Crippen LogP contribution < -0.4 is 10.6 Å². The molecule has 1 aromatic heterocycles. The lowest BCUT2D eigenvalue weighted by atomic mass is 10.0. The summed E-state index contributed by atoms with van der Waals surface area (Å²) in [5.41, 5.74) is 3.47. The van der Waals surface area contributed by atoms with Crippen LogP contribution in [0.15, 0.2) is 24.5 Å². The highest BCUT2D eigenvalue weighted by Crippen LogP contribution is 2.12. The number of nitrogens with zero attached hydrogens (tertiary/aromatic N) is 1. The van der Waals surface area contributed by atoms with Crippen LogP contribution in [0.4, 0.5) is 0 Å². The van der Waals surface area contributed by atoms with E-state index in [0.717, 1.165) is 30.2 Å². The zero-order valence-electron chi connectivity index (χ0n) is 11.3. The van der Waals surface area contributed by atoms with E-state index in [-0.39, 0.29) is 0 Å². The third kappa shape index (κ3) is 3.33. The number of fused-ring (bicyclic) bond motifs is 1. The molecule has 1 fully saturated rings. The number of hydrogen-bond donors (Lipinski definition) is 3. The van der Waals surface area contributed by atoms with Crippen molar-refractivity contribution in [2.75, 3.05) is 13.1 Å². The molecule has 0 spiro atoms. The zero-order chi connectivity index (χ0) is 12.9. The fourth-order valence-corrected chi connectivity index (χ4v) is 2.77. The van der Waals surface area contributed by atoms with Crippen LogP contribution in [0.3, 0.4) is 0 Å². The first-order valence-corrected chi connectivity index (χ1v) is 7.28. The highest BCUT2D eigenvalue weighted by Gasteiger charge is 2.11. The first-order chi connectivity index (χ1) is 9.42. The average Bonchev–Trinajstić information content (AvgIpc) is 2.92. The average molecular weight is 258 g/mol. The van der Waals surface area contributed by atoms with Crippen LogP contribution in [0.2, 0.25) is 0 Å². The summed E-state index contributed by atoms with van der Waals surface area (Å²) in [5.74, 6) is 0. The standard InChI is InChI=1S/C15H22N4/c1-2-7-17-13(3-1)6-8-16-10-12-4-5-14-15(9-12)19-11-18-14/h4-5,9,11,13,16-17H,1-3,6-8,10H2,(H,18,19). The first-order valence-electron chi connectivity index (χ1n) is 7.28. The Morgan fingerprint density at radius 3 is 3.21 bits per heavy atom. The minimum Gasteiger partial charge on any atom is -0.345 e. The number of hydrogen-bond acceptors (Lipinski definition) is 3. The van der Waals surface area contributed by atoms with E-state index in [1.54, 1.807) is 6.33 Å². The van der Waals surface area contributed by atoms with Crippen LogP contribution in [0, 0.1) is 0 Å². The minimum atomic E-state index is 0.719. The Labute approximate surface area is 114 Å². The second-order valence-corrected chi connectivity index (χ2v) is 5.37. The first kappa shape index (κ1) is 12.6. The quantitative estimate of drug-likeness (QED) is 0.721. The predicted molar refractivity (Wildman–Crippen MR) is 78.1 cm³/mol. The van der Waals surface area contributed by atoms with Gasteiger partial charge in [-0.2, -0.15) is 0 Å². The summed E-state index contributed by atoms with van der Waals surface area (Å²) >= 11 is 0. The van der Waals surface area contributed by atoms with Gasteiger partial charge in [-0.3, -0.25) is 0 Å². The molecule has 1 unspecified atom stereocenters. The number of rotatable bonds is 5. The van der Waals surface area contributed by atoms with Gasteiger partial charge in [0, 0.05) is 12.6 Å². The summed E-state index contributed by atoms with van der Waals surface area (Å²) in [6, 6.07) is 7.12. The van der Waals surface area contributed by atoms with Crippen molar-refractivity contribution in [3.63, 3.8) is 0 Å². The van der Waals surface area contributed by atoms with Crippen molar-refractivity contribution in [2.45, 2.75) is 38.3 Å². The number of nitrogens with one attached hydrogen (secondary N) is 3. The molecule has 2 heterocycles. The van der Waals surface area contributed by atoms with Gasteiger partial charge < -0.3 is 15.6 Å². The van der Waals surface area contributed by atoms with Crippen molar-refractivity contribution in [1.82, 2.24) is 20.6 Å². The second kappa shape index (κ2) is 6.17. The van der Waals surface area contributed by atoms with Crippen LogP contribution in [0.25, 0.3) is 11.0 Å². The molecule has 1 aliphatic rings.